The molecule has 0 bridgehead atoms. The molecule has 51 heavy (non-hydrogen) atoms. The number of amides is 1. The minimum absolute atomic E-state index is 0.0174. The number of alkyl halides is 3. The molecule has 2 saturated heterocycles. The molecule has 4 heterocycles. The highest BCUT2D eigenvalue weighted by atomic mass is 32.2. The number of pyridine rings is 1. The van der Waals surface area contributed by atoms with Crippen molar-refractivity contribution in [2.45, 2.75) is 30.8 Å². The summed E-state index contributed by atoms with van der Waals surface area (Å²) in [6, 6.07) is 7.65. The molecule has 6 rings (SSSR count). The number of piperidine rings is 1. The molecule has 2 aromatic carbocycles. The third-order valence-corrected chi connectivity index (χ3v) is 9.88. The number of hydrogen-bond acceptors (Lipinski definition) is 11. The van der Waals surface area contributed by atoms with Gasteiger partial charge in [0, 0.05) is 42.3 Å². The number of carbonyl (C=O) groups excluding carboxylic acids is 1. The number of halogens is 5. The van der Waals surface area contributed by atoms with E-state index in [0.717, 1.165) is 19.2 Å². The zero-order chi connectivity index (χ0) is 36.5. The topological polar surface area (TPSA) is 159 Å². The van der Waals surface area contributed by atoms with E-state index in [2.05, 4.69) is 14.9 Å². The van der Waals surface area contributed by atoms with Crippen LogP contribution in [0.2, 0.25) is 0 Å². The summed E-state index contributed by atoms with van der Waals surface area (Å²) in [5, 5.41) is 9.06. The molecule has 19 heteroatoms. The lowest BCUT2D eigenvalue weighted by Crippen LogP contribution is -2.37. The van der Waals surface area contributed by atoms with E-state index in [-0.39, 0.29) is 40.6 Å². The fourth-order valence-corrected chi connectivity index (χ4v) is 6.78. The SMILES string of the molecule is COc1ncc(-c2nc(N3CCOCC3)nc3c(CN4CCC(c5ccc(C(=O)NO)cc5F)CC4)cc(F)cc23)cc1NS(=O)(=O)C(F)(F)F. The van der Waals surface area contributed by atoms with E-state index in [0.29, 0.717) is 68.9 Å². The zero-order valence-corrected chi connectivity index (χ0v) is 27.8. The number of nitrogens with one attached hydrogen (secondary N) is 2. The first-order chi connectivity index (χ1) is 24.3. The zero-order valence-electron chi connectivity index (χ0n) is 27.0. The molecule has 13 nitrogen and oxygen atoms in total. The Bertz CT molecular complexity index is 2060. The minimum Gasteiger partial charge on any atom is -0.480 e. The second-order valence-corrected chi connectivity index (χ2v) is 13.7. The summed E-state index contributed by atoms with van der Waals surface area (Å²) in [6.07, 6.45) is 2.35. The van der Waals surface area contributed by atoms with Gasteiger partial charge < -0.3 is 14.4 Å². The molecule has 0 unspecified atom stereocenters. The van der Waals surface area contributed by atoms with E-state index in [1.165, 1.54) is 40.7 Å². The number of benzene rings is 2. The van der Waals surface area contributed by atoms with Crippen LogP contribution in [0, 0.1) is 11.6 Å². The van der Waals surface area contributed by atoms with Gasteiger partial charge in [-0.3, -0.25) is 19.6 Å². The van der Waals surface area contributed by atoms with Gasteiger partial charge >= 0.3 is 15.5 Å². The number of nitrogens with zero attached hydrogens (tertiary/aromatic N) is 5. The number of rotatable bonds is 9. The van der Waals surface area contributed by atoms with E-state index in [1.807, 2.05) is 4.90 Å². The van der Waals surface area contributed by atoms with Crippen molar-refractivity contribution in [2.24, 2.45) is 0 Å². The lowest BCUT2D eigenvalue weighted by Gasteiger charge is -2.32. The molecule has 0 saturated carbocycles. The van der Waals surface area contributed by atoms with Gasteiger partial charge in [0.2, 0.25) is 11.8 Å². The van der Waals surface area contributed by atoms with Gasteiger partial charge in [0.05, 0.1) is 31.5 Å². The van der Waals surface area contributed by atoms with Crippen molar-refractivity contribution in [1.29, 1.82) is 0 Å². The Labute approximate surface area is 288 Å². The van der Waals surface area contributed by atoms with Gasteiger partial charge in [0.15, 0.2) is 0 Å². The number of methoxy groups -OCH3 is 1. The number of anilines is 2. The van der Waals surface area contributed by atoms with Gasteiger partial charge in [0.1, 0.15) is 17.3 Å². The van der Waals surface area contributed by atoms with Gasteiger partial charge in [-0.25, -0.2) is 29.2 Å². The van der Waals surface area contributed by atoms with E-state index >= 15 is 4.39 Å². The lowest BCUT2D eigenvalue weighted by atomic mass is 9.88. The van der Waals surface area contributed by atoms with Crippen LogP contribution in [0.4, 0.5) is 33.6 Å². The Morgan fingerprint density at radius 1 is 1.06 bits per heavy atom. The Hall–Kier alpha value is -4.72. The van der Waals surface area contributed by atoms with Gasteiger partial charge in [-0.15, -0.1) is 0 Å². The summed E-state index contributed by atoms with van der Waals surface area (Å²) in [5.74, 6) is -2.35. The lowest BCUT2D eigenvalue weighted by molar-refractivity contribution is -0.0429. The summed E-state index contributed by atoms with van der Waals surface area (Å²) in [6.45, 7) is 2.89. The number of likely N-dealkylation sites (tertiary alicyclic amines) is 1. The first-order valence-electron chi connectivity index (χ1n) is 15.7. The van der Waals surface area contributed by atoms with Gasteiger partial charge in [-0.2, -0.15) is 21.6 Å². The minimum atomic E-state index is -5.85. The van der Waals surface area contributed by atoms with E-state index in [4.69, 9.17) is 19.7 Å². The number of carbonyl (C=O) groups is 1. The summed E-state index contributed by atoms with van der Waals surface area (Å²) in [4.78, 5) is 29.1. The number of ether oxygens (including phenoxy) is 2. The van der Waals surface area contributed by atoms with Crippen molar-refractivity contribution >= 4 is 38.5 Å². The van der Waals surface area contributed by atoms with Crippen molar-refractivity contribution in [2.75, 3.05) is 56.1 Å². The van der Waals surface area contributed by atoms with Crippen LogP contribution in [-0.2, 0) is 21.3 Å². The van der Waals surface area contributed by atoms with Crippen LogP contribution in [0.25, 0.3) is 22.2 Å². The van der Waals surface area contributed by atoms with Crippen LogP contribution in [0.1, 0.15) is 40.2 Å². The maximum Gasteiger partial charge on any atom is 0.516 e. The highest BCUT2D eigenvalue weighted by Crippen LogP contribution is 2.37. The monoisotopic (exact) mass is 737 g/mol. The molecule has 2 fully saturated rings. The van der Waals surface area contributed by atoms with Crippen molar-refractivity contribution < 1.29 is 49.8 Å². The van der Waals surface area contributed by atoms with Crippen LogP contribution < -0.4 is 19.8 Å². The third-order valence-electron chi connectivity index (χ3n) is 8.78. The molecule has 2 aliphatic heterocycles. The molecule has 0 atom stereocenters. The van der Waals surface area contributed by atoms with Gasteiger partial charge in [-0.05, 0) is 73.3 Å². The fourth-order valence-electron chi connectivity index (χ4n) is 6.23. The van der Waals surface area contributed by atoms with E-state index in [1.54, 1.807) is 0 Å². The fraction of sp³-hybridized carbons (Fsp3) is 0.375. The van der Waals surface area contributed by atoms with Crippen LogP contribution in [0.5, 0.6) is 5.88 Å². The Kier molecular flexibility index (Phi) is 10.3. The second-order valence-electron chi connectivity index (χ2n) is 12.0. The van der Waals surface area contributed by atoms with Crippen molar-refractivity contribution in [1.82, 2.24) is 25.3 Å². The van der Waals surface area contributed by atoms with Gasteiger partial charge in [0.25, 0.3) is 5.91 Å². The third kappa shape index (κ3) is 7.65. The molecule has 0 aliphatic carbocycles. The predicted molar refractivity (Wildman–Crippen MR) is 174 cm³/mol. The summed E-state index contributed by atoms with van der Waals surface area (Å²) in [5.41, 5.74) is -3.30. The molecule has 3 N–H and O–H groups in total. The first-order valence-corrected chi connectivity index (χ1v) is 17.2. The molecule has 2 aromatic heterocycles. The van der Waals surface area contributed by atoms with Crippen LogP contribution in [0.3, 0.4) is 0 Å². The smallest absolute Gasteiger partial charge is 0.480 e. The number of fused-ring (bicyclic) bond motifs is 1. The molecule has 0 spiro atoms. The number of hydrogen-bond donors (Lipinski definition) is 3. The highest BCUT2D eigenvalue weighted by Gasteiger charge is 2.46. The Morgan fingerprint density at radius 3 is 2.43 bits per heavy atom. The molecule has 272 valence electrons. The average molecular weight is 738 g/mol. The predicted octanol–water partition coefficient (Wildman–Crippen LogP) is 4.58. The molecule has 2 aliphatic rings. The number of morpholine rings is 1. The van der Waals surface area contributed by atoms with Crippen molar-refractivity contribution in [3.8, 4) is 17.1 Å². The molecular weight excluding hydrogens is 705 g/mol. The first kappa shape index (κ1) is 36.1. The molecular formula is C32H32F5N7O6S. The van der Waals surface area contributed by atoms with Crippen LogP contribution in [-0.4, -0.2) is 91.4 Å². The van der Waals surface area contributed by atoms with Crippen LogP contribution in [0.15, 0.2) is 42.6 Å². The maximum atomic E-state index is 15.4. The number of hydroxylamine groups is 1. The Balaban J connectivity index is 1.35. The van der Waals surface area contributed by atoms with E-state index < -0.39 is 44.6 Å². The molecule has 4 aromatic rings. The largest absolute Gasteiger partial charge is 0.516 e. The quantitative estimate of drug-likeness (QED) is 0.126. The maximum absolute atomic E-state index is 15.4. The van der Waals surface area contributed by atoms with Crippen molar-refractivity contribution in [3.63, 3.8) is 0 Å². The molecule has 0 radical (unpaired) electrons. The highest BCUT2D eigenvalue weighted by molar-refractivity contribution is 7.93. The summed E-state index contributed by atoms with van der Waals surface area (Å²) >= 11 is 0. The normalized spacial score (nSPS) is 16.3. The number of aromatic nitrogens is 3. The standard InChI is InChI=1S/C32H32F5N7O6S/c1-49-30-26(42-51(47,48)32(35,36)37)14-20(16-38-30)27-24-15-22(33)12-21(28(24)40-31(39-27)44-8-10-50-11-9-44)17-43-6-4-18(5-7-43)23-3-2-19(13-25(23)34)29(45)41-46/h2-3,12-16,18,42,46H,4-11,17H2,1H3,(H,41,45). The van der Waals surface area contributed by atoms with E-state index in [9.17, 15) is 30.8 Å². The van der Waals surface area contributed by atoms with Crippen molar-refractivity contribution in [3.05, 3.63) is 70.9 Å². The summed E-state index contributed by atoms with van der Waals surface area (Å²) in [7, 11) is -4.74. The Morgan fingerprint density at radius 2 is 1.78 bits per heavy atom. The second kappa shape index (κ2) is 14.5. The van der Waals surface area contributed by atoms with Crippen LogP contribution >= 0.6 is 0 Å². The van der Waals surface area contributed by atoms with Gasteiger partial charge in [-0.1, -0.05) is 6.07 Å². The summed E-state index contributed by atoms with van der Waals surface area (Å²) < 4.78 is 106. The average Bonchev–Trinajstić information content (AvgIpc) is 3.11. The number of sulfonamides is 1. The molecule has 1 amide bonds.